The quantitative estimate of drug-likeness (QED) is 0.207. The maximum Gasteiger partial charge on any atom is 0.264 e. The summed E-state index contributed by atoms with van der Waals surface area (Å²) in [5.41, 5.74) is 0.567. The first-order chi connectivity index (χ1) is 19.4. The molecule has 0 aromatic heterocycles. The zero-order valence-electron chi connectivity index (χ0n) is 21.2. The molecule has 0 saturated carbocycles. The summed E-state index contributed by atoms with van der Waals surface area (Å²) < 4.78 is 61.1. The number of nitrogens with zero attached hydrogens (tertiary/aromatic N) is 1. The summed E-state index contributed by atoms with van der Waals surface area (Å²) in [7, 11) is -6.74. The summed E-state index contributed by atoms with van der Waals surface area (Å²) in [6.45, 7) is -0.579. The standard InChI is InChI=1S/C27H22Cl3N3O6S2/c1-39-21-11-15-23(16-12-21)41(37,38)33(20-9-5-18(28)6-10-20)17-26(34)31-19-7-13-22(14-8-19)40(35,36)32-25-4-2-3-24(29)27(25)30/h2-16,32H,17H2,1H3,(H,31,34). The van der Waals surface area contributed by atoms with Crippen molar-refractivity contribution in [1.29, 1.82) is 0 Å². The van der Waals surface area contributed by atoms with E-state index < -0.39 is 32.5 Å². The molecule has 0 aliphatic carbocycles. The van der Waals surface area contributed by atoms with Gasteiger partial charge in [0.2, 0.25) is 5.91 Å². The average molecular weight is 655 g/mol. The summed E-state index contributed by atoms with van der Waals surface area (Å²) in [6, 6.07) is 21.6. The zero-order valence-corrected chi connectivity index (χ0v) is 25.1. The molecule has 0 atom stereocenters. The van der Waals surface area contributed by atoms with Gasteiger partial charge < -0.3 is 10.1 Å². The van der Waals surface area contributed by atoms with E-state index in [0.29, 0.717) is 10.8 Å². The van der Waals surface area contributed by atoms with Crippen LogP contribution in [-0.2, 0) is 24.8 Å². The smallest absolute Gasteiger partial charge is 0.264 e. The third-order valence-electron chi connectivity index (χ3n) is 5.69. The molecular weight excluding hydrogens is 633 g/mol. The van der Waals surface area contributed by atoms with Crippen LogP contribution in [0.25, 0.3) is 0 Å². The van der Waals surface area contributed by atoms with Crippen LogP contribution in [0.4, 0.5) is 17.1 Å². The predicted octanol–water partition coefficient (Wildman–Crippen LogP) is 6.29. The molecule has 0 aliphatic rings. The molecule has 4 rings (SSSR count). The number of halogens is 3. The monoisotopic (exact) mass is 653 g/mol. The van der Waals surface area contributed by atoms with Crippen molar-refractivity contribution in [2.24, 2.45) is 0 Å². The number of anilines is 3. The molecule has 9 nitrogen and oxygen atoms in total. The Morgan fingerprint density at radius 3 is 2.02 bits per heavy atom. The molecule has 4 aromatic rings. The predicted molar refractivity (Wildman–Crippen MR) is 161 cm³/mol. The number of carbonyl (C=O) groups is 1. The van der Waals surface area contributed by atoms with Gasteiger partial charge in [0, 0.05) is 10.7 Å². The summed E-state index contributed by atoms with van der Waals surface area (Å²) in [4.78, 5) is 12.9. The first-order valence-corrected chi connectivity index (χ1v) is 15.8. The normalized spacial score (nSPS) is 11.5. The molecule has 2 N–H and O–H groups in total. The highest BCUT2D eigenvalue weighted by Crippen LogP contribution is 2.31. The van der Waals surface area contributed by atoms with Crippen molar-refractivity contribution in [3.63, 3.8) is 0 Å². The lowest BCUT2D eigenvalue weighted by Gasteiger charge is -2.24. The Balaban J connectivity index is 1.53. The Kier molecular flexibility index (Phi) is 9.35. The lowest BCUT2D eigenvalue weighted by Crippen LogP contribution is -2.38. The third kappa shape index (κ3) is 7.24. The Morgan fingerprint density at radius 1 is 0.805 bits per heavy atom. The summed E-state index contributed by atoms with van der Waals surface area (Å²) >= 11 is 18.0. The minimum atomic E-state index is -4.18. The van der Waals surface area contributed by atoms with E-state index in [-0.39, 0.29) is 36.9 Å². The first-order valence-electron chi connectivity index (χ1n) is 11.7. The highest BCUT2D eigenvalue weighted by molar-refractivity contribution is 7.93. The van der Waals surface area contributed by atoms with Crippen LogP contribution in [0.5, 0.6) is 5.75 Å². The molecule has 0 heterocycles. The van der Waals surface area contributed by atoms with Gasteiger partial charge in [-0.15, -0.1) is 0 Å². The van der Waals surface area contributed by atoms with E-state index in [4.69, 9.17) is 39.5 Å². The van der Waals surface area contributed by atoms with Crippen molar-refractivity contribution >= 4 is 77.8 Å². The van der Waals surface area contributed by atoms with Gasteiger partial charge in [0.25, 0.3) is 20.0 Å². The van der Waals surface area contributed by atoms with Crippen LogP contribution in [-0.4, -0.2) is 36.4 Å². The van der Waals surface area contributed by atoms with E-state index in [1.54, 1.807) is 6.07 Å². The van der Waals surface area contributed by atoms with Gasteiger partial charge in [-0.2, -0.15) is 0 Å². The summed E-state index contributed by atoms with van der Waals surface area (Å²) in [5.74, 6) is -0.201. The molecule has 214 valence electrons. The van der Waals surface area contributed by atoms with Crippen molar-refractivity contribution in [2.75, 3.05) is 28.0 Å². The van der Waals surface area contributed by atoms with Crippen molar-refractivity contribution in [1.82, 2.24) is 0 Å². The van der Waals surface area contributed by atoms with E-state index in [9.17, 15) is 21.6 Å². The van der Waals surface area contributed by atoms with Crippen LogP contribution in [0.3, 0.4) is 0 Å². The Hall–Kier alpha value is -3.48. The molecule has 0 aliphatic heterocycles. The number of carbonyl (C=O) groups excluding carboxylic acids is 1. The second-order valence-corrected chi connectivity index (χ2v) is 13.2. The Bertz CT molecular complexity index is 1770. The lowest BCUT2D eigenvalue weighted by molar-refractivity contribution is -0.114. The van der Waals surface area contributed by atoms with Gasteiger partial charge in [-0.05, 0) is 84.9 Å². The van der Waals surface area contributed by atoms with E-state index in [1.807, 2.05) is 0 Å². The molecule has 0 saturated heterocycles. The van der Waals surface area contributed by atoms with Crippen LogP contribution in [0.2, 0.25) is 15.1 Å². The molecule has 0 bridgehead atoms. The summed E-state index contributed by atoms with van der Waals surface area (Å²) in [6.07, 6.45) is 0. The van der Waals surface area contributed by atoms with Gasteiger partial charge in [0.1, 0.15) is 12.3 Å². The highest BCUT2D eigenvalue weighted by Gasteiger charge is 2.27. The highest BCUT2D eigenvalue weighted by atomic mass is 35.5. The number of hydrogen-bond donors (Lipinski definition) is 2. The van der Waals surface area contributed by atoms with Crippen LogP contribution in [0.15, 0.2) is 101 Å². The fourth-order valence-electron chi connectivity index (χ4n) is 3.63. The maximum atomic E-state index is 13.5. The van der Waals surface area contributed by atoms with Crippen LogP contribution in [0, 0.1) is 0 Å². The van der Waals surface area contributed by atoms with Gasteiger partial charge in [0.15, 0.2) is 0 Å². The van der Waals surface area contributed by atoms with E-state index in [0.717, 1.165) is 4.31 Å². The Morgan fingerprint density at radius 2 is 1.41 bits per heavy atom. The summed E-state index contributed by atoms with van der Waals surface area (Å²) in [5, 5.41) is 3.23. The fraction of sp³-hybridized carbons (Fsp3) is 0.0741. The number of sulfonamides is 2. The van der Waals surface area contributed by atoms with Crippen molar-refractivity contribution < 1.29 is 26.4 Å². The van der Waals surface area contributed by atoms with Gasteiger partial charge >= 0.3 is 0 Å². The molecule has 0 spiro atoms. The van der Waals surface area contributed by atoms with Crippen molar-refractivity contribution in [3.8, 4) is 5.75 Å². The third-order valence-corrected chi connectivity index (χ3v) is 9.93. The SMILES string of the molecule is COc1ccc(S(=O)(=O)N(CC(=O)Nc2ccc(S(=O)(=O)Nc3cccc(Cl)c3Cl)cc2)c2ccc(Cl)cc2)cc1. The molecule has 0 radical (unpaired) electrons. The molecule has 41 heavy (non-hydrogen) atoms. The number of nitrogens with one attached hydrogen (secondary N) is 2. The average Bonchev–Trinajstić information content (AvgIpc) is 2.95. The molecular formula is C27H22Cl3N3O6S2. The number of rotatable bonds is 10. The fourth-order valence-corrected chi connectivity index (χ4v) is 6.65. The first kappa shape index (κ1) is 30.5. The molecule has 4 aromatic carbocycles. The van der Waals surface area contributed by atoms with E-state index in [1.165, 1.54) is 92.0 Å². The Labute approximate surface area is 252 Å². The lowest BCUT2D eigenvalue weighted by atomic mass is 10.3. The zero-order chi connectivity index (χ0) is 29.8. The van der Waals surface area contributed by atoms with Gasteiger partial charge in [-0.3, -0.25) is 13.8 Å². The van der Waals surface area contributed by atoms with E-state index >= 15 is 0 Å². The van der Waals surface area contributed by atoms with Gasteiger partial charge in [-0.1, -0.05) is 40.9 Å². The molecule has 14 heteroatoms. The van der Waals surface area contributed by atoms with Gasteiger partial charge in [0.05, 0.1) is 38.3 Å². The number of amides is 1. The number of benzene rings is 4. The van der Waals surface area contributed by atoms with E-state index in [2.05, 4.69) is 10.0 Å². The van der Waals surface area contributed by atoms with Gasteiger partial charge in [-0.25, -0.2) is 16.8 Å². The number of hydrogen-bond acceptors (Lipinski definition) is 6. The van der Waals surface area contributed by atoms with Crippen LogP contribution in [0.1, 0.15) is 0 Å². The largest absolute Gasteiger partial charge is 0.497 e. The molecule has 0 fully saturated rings. The minimum absolute atomic E-state index is 0.0523. The van der Waals surface area contributed by atoms with Crippen LogP contribution >= 0.6 is 34.8 Å². The number of methoxy groups -OCH3 is 1. The second kappa shape index (κ2) is 12.6. The van der Waals surface area contributed by atoms with Crippen molar-refractivity contribution in [3.05, 3.63) is 106 Å². The maximum absolute atomic E-state index is 13.5. The van der Waals surface area contributed by atoms with Crippen molar-refractivity contribution in [2.45, 2.75) is 9.79 Å². The minimum Gasteiger partial charge on any atom is -0.497 e. The van der Waals surface area contributed by atoms with Crippen LogP contribution < -0.4 is 19.1 Å². The number of ether oxygens (including phenoxy) is 1. The molecule has 0 unspecified atom stereocenters. The second-order valence-electron chi connectivity index (χ2n) is 8.44. The topological polar surface area (TPSA) is 122 Å². The molecule has 1 amide bonds.